The molecule has 0 heterocycles. The maximum absolute atomic E-state index is 9.89. The molecule has 56 valence electrons. The molecule has 0 atom stereocenters. The Bertz CT molecular complexity index is 128. The molecule has 0 aliphatic heterocycles. The van der Waals surface area contributed by atoms with Crippen LogP contribution in [0.5, 0.6) is 0 Å². The van der Waals surface area contributed by atoms with Crippen molar-refractivity contribution in [1.29, 1.82) is 5.26 Å². The first-order chi connectivity index (χ1) is 4.81. The van der Waals surface area contributed by atoms with Crippen molar-refractivity contribution < 1.29 is 4.79 Å². The van der Waals surface area contributed by atoms with E-state index in [4.69, 9.17) is 5.26 Å². The quantitative estimate of drug-likeness (QED) is 0.520. The highest BCUT2D eigenvalue weighted by molar-refractivity contribution is 5.49. The van der Waals surface area contributed by atoms with Crippen molar-refractivity contribution in [3.05, 3.63) is 0 Å². The van der Waals surface area contributed by atoms with Crippen LogP contribution in [-0.4, -0.2) is 31.3 Å². The van der Waals surface area contributed by atoms with Crippen molar-refractivity contribution in [2.45, 2.75) is 12.8 Å². The van der Waals surface area contributed by atoms with Crippen molar-refractivity contribution in [3.63, 3.8) is 0 Å². The molecule has 0 spiro atoms. The van der Waals surface area contributed by atoms with Crippen LogP contribution in [0.25, 0.3) is 0 Å². The zero-order chi connectivity index (χ0) is 7.82. The van der Waals surface area contributed by atoms with Crippen molar-refractivity contribution in [2.75, 3.05) is 20.1 Å². The van der Waals surface area contributed by atoms with E-state index < -0.39 is 0 Å². The third kappa shape index (κ3) is 5.26. The highest BCUT2D eigenvalue weighted by Crippen LogP contribution is 1.86. The van der Waals surface area contributed by atoms with Crippen LogP contribution in [0.15, 0.2) is 0 Å². The topological polar surface area (TPSA) is 44.1 Å². The largest absolute Gasteiger partial charge is 0.305 e. The van der Waals surface area contributed by atoms with E-state index in [1.54, 1.807) is 0 Å². The molecule has 0 aliphatic rings. The Hall–Kier alpha value is -0.880. The van der Waals surface area contributed by atoms with E-state index in [1.807, 2.05) is 18.0 Å². The van der Waals surface area contributed by atoms with Crippen LogP contribution in [0.3, 0.4) is 0 Å². The summed E-state index contributed by atoms with van der Waals surface area (Å²) in [5.74, 6) is 0. The van der Waals surface area contributed by atoms with Gasteiger partial charge in [0.1, 0.15) is 6.29 Å². The van der Waals surface area contributed by atoms with Gasteiger partial charge in [0.05, 0.1) is 6.07 Å². The predicted octanol–water partition coefficient (Wildman–Crippen LogP) is 0.421. The summed E-state index contributed by atoms with van der Waals surface area (Å²) in [6, 6.07) is 2.05. The second-order valence-corrected chi connectivity index (χ2v) is 2.17. The van der Waals surface area contributed by atoms with Gasteiger partial charge in [-0.3, -0.25) is 0 Å². The van der Waals surface area contributed by atoms with Crippen molar-refractivity contribution >= 4 is 6.29 Å². The summed E-state index contributed by atoms with van der Waals surface area (Å²) in [4.78, 5) is 11.9. The van der Waals surface area contributed by atoms with Gasteiger partial charge in [-0.25, -0.2) is 0 Å². The Labute approximate surface area is 61.2 Å². The molecule has 3 nitrogen and oxygen atoms in total. The van der Waals surface area contributed by atoms with Gasteiger partial charge in [-0.15, -0.1) is 0 Å². The summed E-state index contributed by atoms with van der Waals surface area (Å²) in [5, 5.41) is 8.19. The third-order valence-electron chi connectivity index (χ3n) is 1.23. The summed E-state index contributed by atoms with van der Waals surface area (Å²) in [5.41, 5.74) is 0. The molecule has 0 aromatic carbocycles. The fraction of sp³-hybridized carbons (Fsp3) is 0.714. The fourth-order valence-electron chi connectivity index (χ4n) is 0.626. The lowest BCUT2D eigenvalue weighted by Gasteiger charge is -2.11. The van der Waals surface area contributed by atoms with E-state index >= 15 is 0 Å². The van der Waals surface area contributed by atoms with Gasteiger partial charge in [0.25, 0.3) is 0 Å². The second-order valence-electron chi connectivity index (χ2n) is 2.17. The van der Waals surface area contributed by atoms with Crippen LogP contribution in [0, 0.1) is 11.3 Å². The lowest BCUT2D eigenvalue weighted by molar-refractivity contribution is -0.108. The average molecular weight is 140 g/mol. The van der Waals surface area contributed by atoms with E-state index in [2.05, 4.69) is 0 Å². The van der Waals surface area contributed by atoms with E-state index in [9.17, 15) is 4.79 Å². The summed E-state index contributed by atoms with van der Waals surface area (Å²) in [6.07, 6.45) is 1.99. The van der Waals surface area contributed by atoms with Crippen molar-refractivity contribution in [1.82, 2.24) is 4.90 Å². The normalized spacial score (nSPS) is 9.30. The zero-order valence-electron chi connectivity index (χ0n) is 6.21. The summed E-state index contributed by atoms with van der Waals surface area (Å²) in [6.45, 7) is 1.51. The van der Waals surface area contributed by atoms with Crippen LogP contribution in [0.2, 0.25) is 0 Å². The fourth-order valence-corrected chi connectivity index (χ4v) is 0.626. The summed E-state index contributed by atoms with van der Waals surface area (Å²) >= 11 is 0. The molecular weight excluding hydrogens is 128 g/mol. The highest BCUT2D eigenvalue weighted by Gasteiger charge is 1.94. The van der Waals surface area contributed by atoms with Crippen molar-refractivity contribution in [3.8, 4) is 6.07 Å². The highest BCUT2D eigenvalue weighted by atomic mass is 16.1. The van der Waals surface area contributed by atoms with E-state index in [-0.39, 0.29) is 0 Å². The number of hydrogen-bond donors (Lipinski definition) is 0. The molecule has 0 fully saturated rings. The maximum atomic E-state index is 9.89. The minimum absolute atomic E-state index is 0.537. The van der Waals surface area contributed by atoms with Crippen LogP contribution in [-0.2, 0) is 4.79 Å². The lowest BCUT2D eigenvalue weighted by Crippen LogP contribution is -2.20. The molecule has 0 aromatic heterocycles. The van der Waals surface area contributed by atoms with Crippen LogP contribution < -0.4 is 0 Å². The molecule has 0 aliphatic carbocycles. The van der Waals surface area contributed by atoms with Crippen molar-refractivity contribution in [2.24, 2.45) is 0 Å². The second kappa shape index (κ2) is 6.24. The first kappa shape index (κ1) is 9.12. The zero-order valence-corrected chi connectivity index (χ0v) is 6.21. The number of aldehydes is 1. The Morgan fingerprint density at radius 3 is 2.80 bits per heavy atom. The number of rotatable bonds is 5. The van der Waals surface area contributed by atoms with Crippen LogP contribution >= 0.6 is 0 Å². The number of hydrogen-bond acceptors (Lipinski definition) is 3. The van der Waals surface area contributed by atoms with Crippen LogP contribution in [0.1, 0.15) is 12.8 Å². The molecule has 0 rings (SSSR count). The van der Waals surface area contributed by atoms with Crippen LogP contribution in [0.4, 0.5) is 0 Å². The first-order valence-electron chi connectivity index (χ1n) is 3.30. The first-order valence-corrected chi connectivity index (χ1v) is 3.30. The van der Waals surface area contributed by atoms with Gasteiger partial charge >= 0.3 is 0 Å². The van der Waals surface area contributed by atoms with Gasteiger partial charge < -0.3 is 9.69 Å². The monoisotopic (exact) mass is 140 g/mol. The third-order valence-corrected chi connectivity index (χ3v) is 1.23. The molecule has 0 amide bonds. The van der Waals surface area contributed by atoms with E-state index in [0.717, 1.165) is 19.4 Å². The number of nitriles is 1. The van der Waals surface area contributed by atoms with Gasteiger partial charge in [0.2, 0.25) is 0 Å². The predicted molar refractivity (Wildman–Crippen MR) is 38.4 cm³/mol. The Kier molecular flexibility index (Phi) is 5.69. The maximum Gasteiger partial charge on any atom is 0.121 e. The van der Waals surface area contributed by atoms with Gasteiger partial charge in [0.15, 0.2) is 0 Å². The molecule has 3 heteroatoms. The standard InChI is InChI=1S/C7H12N2O/c1-9(5-2-4-8)6-3-7-10/h7H,2-3,5-6H2,1H3. The minimum Gasteiger partial charge on any atom is -0.305 e. The molecule has 0 saturated heterocycles. The van der Waals surface area contributed by atoms with E-state index in [0.29, 0.717) is 12.8 Å². The Morgan fingerprint density at radius 2 is 2.30 bits per heavy atom. The lowest BCUT2D eigenvalue weighted by atomic mass is 10.4. The average Bonchev–Trinajstić information content (AvgIpc) is 1.97. The Morgan fingerprint density at radius 1 is 1.60 bits per heavy atom. The molecule has 0 unspecified atom stereocenters. The molecule has 0 bridgehead atoms. The minimum atomic E-state index is 0.537. The number of carbonyl (C=O) groups is 1. The molecule has 0 aromatic rings. The summed E-state index contributed by atoms with van der Waals surface area (Å²) in [7, 11) is 1.90. The van der Waals surface area contributed by atoms with Gasteiger partial charge in [-0.2, -0.15) is 5.26 Å². The van der Waals surface area contributed by atoms with Gasteiger partial charge in [-0.05, 0) is 7.05 Å². The number of carbonyl (C=O) groups excluding carboxylic acids is 1. The van der Waals surface area contributed by atoms with E-state index in [1.165, 1.54) is 0 Å². The molecular formula is C7H12N2O. The molecule has 10 heavy (non-hydrogen) atoms. The van der Waals surface area contributed by atoms with Gasteiger partial charge in [0, 0.05) is 25.9 Å². The number of nitrogens with zero attached hydrogens (tertiary/aromatic N) is 2. The Balaban J connectivity index is 3.17. The summed E-state index contributed by atoms with van der Waals surface area (Å²) < 4.78 is 0. The molecule has 0 N–H and O–H groups in total. The molecule has 0 radical (unpaired) electrons. The molecule has 0 saturated carbocycles. The SMILES string of the molecule is CN(CCC#N)CCC=O. The van der Waals surface area contributed by atoms with Gasteiger partial charge in [-0.1, -0.05) is 0 Å². The smallest absolute Gasteiger partial charge is 0.121 e.